The van der Waals surface area contributed by atoms with E-state index < -0.39 is 11.6 Å². The SMILES string of the molecule is Fc1cc(CBr)cc(F)c1-n1ccc(C2CC2)n1. The van der Waals surface area contributed by atoms with E-state index in [1.54, 1.807) is 6.20 Å². The van der Waals surface area contributed by atoms with E-state index >= 15 is 0 Å². The molecule has 0 unspecified atom stereocenters. The second kappa shape index (κ2) is 4.46. The summed E-state index contributed by atoms with van der Waals surface area (Å²) in [5.74, 6) is -0.705. The highest BCUT2D eigenvalue weighted by Crippen LogP contribution is 2.39. The third kappa shape index (κ3) is 2.07. The lowest BCUT2D eigenvalue weighted by Crippen LogP contribution is -2.04. The lowest BCUT2D eigenvalue weighted by Gasteiger charge is -2.06. The topological polar surface area (TPSA) is 17.8 Å². The Labute approximate surface area is 112 Å². The van der Waals surface area contributed by atoms with Crippen LogP contribution in [0.4, 0.5) is 8.78 Å². The number of benzene rings is 1. The van der Waals surface area contributed by atoms with Crippen LogP contribution in [0, 0.1) is 11.6 Å². The lowest BCUT2D eigenvalue weighted by molar-refractivity contribution is 0.557. The number of hydrogen-bond donors (Lipinski definition) is 0. The van der Waals surface area contributed by atoms with Gasteiger partial charge < -0.3 is 0 Å². The van der Waals surface area contributed by atoms with Crippen LogP contribution in [0.2, 0.25) is 0 Å². The van der Waals surface area contributed by atoms with Gasteiger partial charge in [-0.05, 0) is 36.6 Å². The molecule has 0 spiro atoms. The van der Waals surface area contributed by atoms with E-state index in [0.29, 0.717) is 16.8 Å². The molecule has 1 saturated carbocycles. The summed E-state index contributed by atoms with van der Waals surface area (Å²) in [6.07, 6.45) is 3.85. The van der Waals surface area contributed by atoms with Gasteiger partial charge >= 0.3 is 0 Å². The Balaban J connectivity index is 2.04. The molecule has 1 fully saturated rings. The third-order valence-electron chi connectivity index (χ3n) is 3.07. The Morgan fingerprint density at radius 1 is 1.28 bits per heavy atom. The highest BCUT2D eigenvalue weighted by atomic mass is 79.9. The second-order valence-electron chi connectivity index (χ2n) is 4.50. The second-order valence-corrected chi connectivity index (χ2v) is 5.06. The van der Waals surface area contributed by atoms with Gasteiger partial charge in [0.05, 0.1) is 5.69 Å². The number of alkyl halides is 1. The summed E-state index contributed by atoms with van der Waals surface area (Å²) in [5.41, 5.74) is 1.38. The number of nitrogens with zero attached hydrogens (tertiary/aromatic N) is 2. The molecule has 0 bridgehead atoms. The maximum atomic E-state index is 13.9. The maximum Gasteiger partial charge on any atom is 0.152 e. The molecule has 0 atom stereocenters. The van der Waals surface area contributed by atoms with Crippen LogP contribution in [0.1, 0.15) is 30.0 Å². The van der Waals surface area contributed by atoms with Crippen molar-refractivity contribution in [3.05, 3.63) is 47.3 Å². The molecule has 3 rings (SSSR count). The van der Waals surface area contributed by atoms with Crippen molar-refractivity contribution in [2.75, 3.05) is 0 Å². The predicted octanol–water partition coefficient (Wildman–Crippen LogP) is 3.92. The molecule has 1 heterocycles. The summed E-state index contributed by atoms with van der Waals surface area (Å²) in [6.45, 7) is 0. The molecule has 2 aromatic rings. The monoisotopic (exact) mass is 312 g/mol. The highest BCUT2D eigenvalue weighted by molar-refractivity contribution is 9.08. The molecule has 0 amide bonds. The van der Waals surface area contributed by atoms with Crippen LogP contribution >= 0.6 is 15.9 Å². The zero-order valence-electron chi connectivity index (χ0n) is 9.54. The average molecular weight is 313 g/mol. The molecule has 94 valence electrons. The standard InChI is InChI=1S/C13H11BrF2N2/c14-7-8-5-10(15)13(11(16)6-8)18-4-3-12(17-18)9-1-2-9/h3-6,9H,1-2,7H2. The highest BCUT2D eigenvalue weighted by Gasteiger charge is 2.26. The summed E-state index contributed by atoms with van der Waals surface area (Å²) in [4.78, 5) is 0. The molecule has 0 saturated heterocycles. The van der Waals surface area contributed by atoms with E-state index in [9.17, 15) is 8.78 Å². The predicted molar refractivity (Wildman–Crippen MR) is 68.1 cm³/mol. The summed E-state index contributed by atoms with van der Waals surface area (Å²) in [7, 11) is 0. The molecule has 2 nitrogen and oxygen atoms in total. The molecule has 18 heavy (non-hydrogen) atoms. The summed E-state index contributed by atoms with van der Waals surface area (Å²) < 4.78 is 29.1. The molecule has 0 radical (unpaired) electrons. The number of halogens is 3. The van der Waals surface area contributed by atoms with Crippen LogP contribution < -0.4 is 0 Å². The molecule has 5 heteroatoms. The van der Waals surface area contributed by atoms with Gasteiger partial charge in [0, 0.05) is 17.4 Å². The van der Waals surface area contributed by atoms with Crippen LogP contribution in [0.15, 0.2) is 24.4 Å². The molecule has 1 aromatic carbocycles. The number of aromatic nitrogens is 2. The van der Waals surface area contributed by atoms with Gasteiger partial charge in [-0.2, -0.15) is 5.10 Å². The van der Waals surface area contributed by atoms with Crippen LogP contribution in [0.3, 0.4) is 0 Å². The molecule has 1 aliphatic carbocycles. The third-order valence-corrected chi connectivity index (χ3v) is 3.71. The zero-order valence-corrected chi connectivity index (χ0v) is 11.1. The van der Waals surface area contributed by atoms with Crippen LogP contribution in [0.25, 0.3) is 5.69 Å². The minimum Gasteiger partial charge on any atom is -0.235 e. The Morgan fingerprint density at radius 3 is 2.50 bits per heavy atom. The van der Waals surface area contributed by atoms with E-state index in [1.807, 2.05) is 6.07 Å². The minimum absolute atomic E-state index is 0.105. The summed E-state index contributed by atoms with van der Waals surface area (Å²) in [5, 5.41) is 4.67. The minimum atomic E-state index is -0.588. The van der Waals surface area contributed by atoms with Crippen molar-refractivity contribution in [2.45, 2.75) is 24.1 Å². The fraction of sp³-hybridized carbons (Fsp3) is 0.308. The van der Waals surface area contributed by atoms with E-state index in [1.165, 1.54) is 16.8 Å². The molecule has 1 aromatic heterocycles. The fourth-order valence-electron chi connectivity index (χ4n) is 1.97. The smallest absolute Gasteiger partial charge is 0.152 e. The van der Waals surface area contributed by atoms with Crippen LogP contribution in [-0.2, 0) is 5.33 Å². The molecule has 1 aliphatic rings. The molecular formula is C13H11BrF2N2. The van der Waals surface area contributed by atoms with Gasteiger partial charge in [0.2, 0.25) is 0 Å². The van der Waals surface area contributed by atoms with Crippen molar-refractivity contribution in [3.63, 3.8) is 0 Å². The van der Waals surface area contributed by atoms with Crippen LogP contribution in [-0.4, -0.2) is 9.78 Å². The van der Waals surface area contributed by atoms with E-state index in [0.717, 1.165) is 18.5 Å². The number of hydrogen-bond acceptors (Lipinski definition) is 1. The lowest BCUT2D eigenvalue weighted by atomic mass is 10.2. The van der Waals surface area contributed by atoms with Gasteiger partial charge in [-0.25, -0.2) is 13.5 Å². The van der Waals surface area contributed by atoms with E-state index in [4.69, 9.17) is 0 Å². The Hall–Kier alpha value is -1.23. The summed E-state index contributed by atoms with van der Waals surface area (Å²) in [6, 6.07) is 4.48. The Morgan fingerprint density at radius 2 is 1.94 bits per heavy atom. The van der Waals surface area contributed by atoms with Crippen molar-refractivity contribution in [1.82, 2.24) is 9.78 Å². The average Bonchev–Trinajstić information content (AvgIpc) is 3.08. The van der Waals surface area contributed by atoms with Gasteiger partial charge in [-0.3, -0.25) is 0 Å². The Kier molecular flexibility index (Phi) is 2.93. The van der Waals surface area contributed by atoms with Gasteiger partial charge in [-0.15, -0.1) is 0 Å². The van der Waals surface area contributed by atoms with Crippen molar-refractivity contribution in [3.8, 4) is 5.69 Å². The number of rotatable bonds is 3. The zero-order chi connectivity index (χ0) is 12.7. The first kappa shape index (κ1) is 11.8. The van der Waals surface area contributed by atoms with Crippen molar-refractivity contribution >= 4 is 15.9 Å². The normalized spacial score (nSPS) is 15.1. The molecular weight excluding hydrogens is 302 g/mol. The van der Waals surface area contributed by atoms with Crippen molar-refractivity contribution < 1.29 is 8.78 Å². The first-order valence-electron chi connectivity index (χ1n) is 5.79. The molecule has 0 aliphatic heterocycles. The van der Waals surface area contributed by atoms with E-state index in [-0.39, 0.29) is 5.69 Å². The van der Waals surface area contributed by atoms with Crippen molar-refractivity contribution in [2.24, 2.45) is 0 Å². The van der Waals surface area contributed by atoms with Gasteiger partial charge in [-0.1, -0.05) is 15.9 Å². The first-order valence-corrected chi connectivity index (χ1v) is 6.91. The van der Waals surface area contributed by atoms with Gasteiger partial charge in [0.1, 0.15) is 5.69 Å². The molecule has 0 N–H and O–H groups in total. The first-order chi connectivity index (χ1) is 8.69. The Bertz CT molecular complexity index is 567. The van der Waals surface area contributed by atoms with E-state index in [2.05, 4.69) is 21.0 Å². The summed E-state index contributed by atoms with van der Waals surface area (Å²) >= 11 is 3.18. The maximum absolute atomic E-state index is 13.9. The van der Waals surface area contributed by atoms with Crippen molar-refractivity contribution in [1.29, 1.82) is 0 Å². The van der Waals surface area contributed by atoms with Gasteiger partial charge in [0.15, 0.2) is 11.6 Å². The quantitative estimate of drug-likeness (QED) is 0.785. The fourth-order valence-corrected chi connectivity index (χ4v) is 2.30. The largest absolute Gasteiger partial charge is 0.235 e. The van der Waals surface area contributed by atoms with Crippen LogP contribution in [0.5, 0.6) is 0 Å². The van der Waals surface area contributed by atoms with Gasteiger partial charge in [0.25, 0.3) is 0 Å².